The largest absolute Gasteiger partial charge is 0.493 e. The molecule has 0 aliphatic heterocycles. The molecule has 1 amide bonds. The van der Waals surface area contributed by atoms with Gasteiger partial charge in [-0.15, -0.1) is 11.3 Å². The second kappa shape index (κ2) is 7.23. The number of para-hydroxylation sites is 1. The van der Waals surface area contributed by atoms with E-state index in [1.165, 1.54) is 13.2 Å². The number of amides is 1. The summed E-state index contributed by atoms with van der Waals surface area (Å²) >= 11 is 1.14. The second-order valence-corrected chi connectivity index (χ2v) is 6.09. The van der Waals surface area contributed by atoms with Crippen molar-refractivity contribution in [1.29, 1.82) is 0 Å². The van der Waals surface area contributed by atoms with Crippen LogP contribution in [-0.2, 0) is 9.53 Å². The van der Waals surface area contributed by atoms with Gasteiger partial charge in [0, 0.05) is 11.5 Å². The average Bonchev–Trinajstić information content (AvgIpc) is 3.25. The number of esters is 1. The van der Waals surface area contributed by atoms with Crippen LogP contribution in [0.4, 0.5) is 5.00 Å². The van der Waals surface area contributed by atoms with Crippen molar-refractivity contribution >= 4 is 45.3 Å². The Kier molecular flexibility index (Phi) is 4.85. The highest BCUT2D eigenvalue weighted by Crippen LogP contribution is 2.29. The van der Waals surface area contributed by atoms with E-state index >= 15 is 0 Å². The van der Waals surface area contributed by atoms with E-state index in [2.05, 4.69) is 10.1 Å². The highest BCUT2D eigenvalue weighted by molar-refractivity contribution is 7.18. The summed E-state index contributed by atoms with van der Waals surface area (Å²) in [5.41, 5.74) is 0.631. The summed E-state index contributed by atoms with van der Waals surface area (Å²) in [6, 6.07) is 10.6. The molecular weight excluding hydrogens is 342 g/mol. The molecule has 0 fully saturated rings. The van der Waals surface area contributed by atoms with Crippen LogP contribution in [0.15, 0.2) is 46.9 Å². The summed E-state index contributed by atoms with van der Waals surface area (Å²) in [6.45, 7) is 0. The van der Waals surface area contributed by atoms with Crippen LogP contribution in [0.2, 0.25) is 0 Å². The normalized spacial score (nSPS) is 11.0. The first-order valence-corrected chi connectivity index (χ1v) is 8.16. The van der Waals surface area contributed by atoms with E-state index in [1.807, 2.05) is 24.3 Å². The Morgan fingerprint density at radius 1 is 1.20 bits per heavy atom. The van der Waals surface area contributed by atoms with Gasteiger partial charge in [0.1, 0.15) is 10.6 Å². The van der Waals surface area contributed by atoms with Gasteiger partial charge in [0.25, 0.3) is 0 Å². The second-order valence-electron chi connectivity index (χ2n) is 5.01. The smallest absolute Gasteiger partial charge is 0.348 e. The third kappa shape index (κ3) is 3.72. The quantitative estimate of drug-likeness (QED) is 0.553. The number of thiophene rings is 1. The molecule has 1 aromatic carbocycles. The summed E-state index contributed by atoms with van der Waals surface area (Å²) in [5, 5.41) is 4.13. The maximum Gasteiger partial charge on any atom is 0.348 e. The summed E-state index contributed by atoms with van der Waals surface area (Å²) in [5.74, 6) is 0.412. The monoisotopic (exact) mass is 357 g/mol. The highest BCUT2D eigenvalue weighted by Gasteiger charge is 2.10. The van der Waals surface area contributed by atoms with E-state index in [4.69, 9.17) is 9.15 Å². The fraction of sp³-hybridized carbons (Fsp3) is 0.111. The number of rotatable bonds is 5. The van der Waals surface area contributed by atoms with Crippen molar-refractivity contribution in [3.63, 3.8) is 0 Å². The molecule has 3 rings (SSSR count). The van der Waals surface area contributed by atoms with E-state index in [0.29, 0.717) is 27.0 Å². The van der Waals surface area contributed by atoms with Crippen LogP contribution < -0.4 is 10.1 Å². The van der Waals surface area contributed by atoms with Crippen LogP contribution in [-0.4, -0.2) is 26.1 Å². The minimum Gasteiger partial charge on any atom is -0.493 e. The van der Waals surface area contributed by atoms with Crippen LogP contribution in [0.5, 0.6) is 5.75 Å². The van der Waals surface area contributed by atoms with Crippen molar-refractivity contribution in [1.82, 2.24) is 0 Å². The Hall–Kier alpha value is -3.06. The molecule has 0 radical (unpaired) electrons. The van der Waals surface area contributed by atoms with Crippen LogP contribution in [0.25, 0.3) is 17.0 Å². The number of anilines is 1. The van der Waals surface area contributed by atoms with E-state index in [9.17, 15) is 9.59 Å². The lowest BCUT2D eigenvalue weighted by Crippen LogP contribution is -2.06. The van der Waals surface area contributed by atoms with E-state index < -0.39 is 5.97 Å². The van der Waals surface area contributed by atoms with Crippen molar-refractivity contribution in [2.75, 3.05) is 19.5 Å². The van der Waals surface area contributed by atoms with Crippen molar-refractivity contribution in [3.8, 4) is 5.75 Å². The predicted octanol–water partition coefficient (Wildman–Crippen LogP) is 3.94. The molecule has 3 aromatic rings. The van der Waals surface area contributed by atoms with Gasteiger partial charge in [0.15, 0.2) is 11.3 Å². The summed E-state index contributed by atoms with van der Waals surface area (Å²) in [4.78, 5) is 23.8. The molecule has 0 saturated heterocycles. The minimum atomic E-state index is -0.433. The van der Waals surface area contributed by atoms with Crippen molar-refractivity contribution in [3.05, 3.63) is 53.1 Å². The third-order valence-corrected chi connectivity index (χ3v) is 4.37. The van der Waals surface area contributed by atoms with E-state index in [-0.39, 0.29) is 5.91 Å². The fourth-order valence-corrected chi connectivity index (χ4v) is 3.06. The molecule has 0 saturated carbocycles. The van der Waals surface area contributed by atoms with Crippen molar-refractivity contribution in [2.24, 2.45) is 0 Å². The number of fused-ring (bicyclic) bond motifs is 1. The number of hydrogen-bond acceptors (Lipinski definition) is 6. The van der Waals surface area contributed by atoms with Crippen LogP contribution in [0.3, 0.4) is 0 Å². The fourth-order valence-electron chi connectivity index (χ4n) is 2.24. The third-order valence-electron chi connectivity index (χ3n) is 3.38. The van der Waals surface area contributed by atoms with E-state index in [1.54, 1.807) is 25.3 Å². The topological polar surface area (TPSA) is 77.8 Å². The Bertz CT molecular complexity index is 953. The predicted molar refractivity (Wildman–Crippen MR) is 96.1 cm³/mol. The molecule has 0 atom stereocenters. The molecule has 1 N–H and O–H groups in total. The molecule has 0 aliphatic carbocycles. The Balaban J connectivity index is 1.70. The molecule has 2 heterocycles. The Morgan fingerprint density at radius 3 is 2.80 bits per heavy atom. The van der Waals surface area contributed by atoms with Gasteiger partial charge in [-0.25, -0.2) is 4.79 Å². The molecule has 0 unspecified atom stereocenters. The van der Waals surface area contributed by atoms with Gasteiger partial charge in [-0.2, -0.15) is 0 Å². The Morgan fingerprint density at radius 2 is 2.04 bits per heavy atom. The van der Waals surface area contributed by atoms with Gasteiger partial charge in [-0.05, 0) is 30.3 Å². The molecule has 0 bridgehead atoms. The zero-order chi connectivity index (χ0) is 17.8. The molecule has 6 nitrogen and oxygen atoms in total. The summed E-state index contributed by atoms with van der Waals surface area (Å²) in [6.07, 6.45) is 2.94. The van der Waals surface area contributed by atoms with Crippen LogP contribution in [0.1, 0.15) is 15.4 Å². The number of furan rings is 1. The number of carbonyl (C=O) groups excluding carboxylic acids is 2. The van der Waals surface area contributed by atoms with Gasteiger partial charge in [0.2, 0.25) is 5.91 Å². The first-order valence-electron chi connectivity index (χ1n) is 7.34. The van der Waals surface area contributed by atoms with Gasteiger partial charge in [0.05, 0.1) is 19.2 Å². The lowest BCUT2D eigenvalue weighted by molar-refractivity contribution is -0.111. The number of methoxy groups -OCH3 is 2. The molecular formula is C18H15NO5S. The number of carbonyl (C=O) groups is 2. The molecule has 2 aromatic heterocycles. The molecule has 7 heteroatoms. The Labute approximate surface area is 147 Å². The number of ether oxygens (including phenoxy) is 2. The van der Waals surface area contributed by atoms with Gasteiger partial charge in [-0.3, -0.25) is 4.79 Å². The molecule has 128 valence electrons. The average molecular weight is 357 g/mol. The highest BCUT2D eigenvalue weighted by atomic mass is 32.1. The maximum atomic E-state index is 12.0. The summed E-state index contributed by atoms with van der Waals surface area (Å²) < 4.78 is 15.6. The van der Waals surface area contributed by atoms with Crippen LogP contribution in [0, 0.1) is 0 Å². The van der Waals surface area contributed by atoms with E-state index in [0.717, 1.165) is 16.7 Å². The number of hydrogen-bond donors (Lipinski definition) is 1. The van der Waals surface area contributed by atoms with Crippen LogP contribution >= 0.6 is 11.3 Å². The standard InChI is InChI=1S/C18H15NO5S/c1-22-13-5-3-4-11-10-12(24-17(11)13)6-8-15(20)19-16-9-7-14(25-16)18(21)23-2/h3-10H,1-2H3,(H,19,20)/b8-6+. The summed E-state index contributed by atoms with van der Waals surface area (Å²) in [7, 11) is 2.88. The number of benzene rings is 1. The SMILES string of the molecule is COC(=O)c1ccc(NC(=O)/C=C/c2cc3cccc(OC)c3o2)s1. The molecule has 25 heavy (non-hydrogen) atoms. The molecule has 0 aliphatic rings. The van der Waals surface area contributed by atoms with Gasteiger partial charge >= 0.3 is 5.97 Å². The lowest BCUT2D eigenvalue weighted by Gasteiger charge is -1.98. The zero-order valence-corrected chi connectivity index (χ0v) is 14.4. The van der Waals surface area contributed by atoms with Crippen molar-refractivity contribution in [2.45, 2.75) is 0 Å². The number of nitrogens with one attached hydrogen (secondary N) is 1. The van der Waals surface area contributed by atoms with Crippen molar-refractivity contribution < 1.29 is 23.5 Å². The van der Waals surface area contributed by atoms with Gasteiger partial charge < -0.3 is 19.2 Å². The molecule has 0 spiro atoms. The zero-order valence-electron chi connectivity index (χ0n) is 13.6. The van der Waals surface area contributed by atoms with Gasteiger partial charge in [-0.1, -0.05) is 12.1 Å². The lowest BCUT2D eigenvalue weighted by atomic mass is 10.2. The first-order chi connectivity index (χ1) is 12.1. The first kappa shape index (κ1) is 16.8. The maximum absolute atomic E-state index is 12.0. The minimum absolute atomic E-state index is 0.328.